The van der Waals surface area contributed by atoms with E-state index >= 15 is 0 Å². The fourth-order valence-corrected chi connectivity index (χ4v) is 3.82. The number of rotatable bonds is 4. The number of thioether (sulfide) groups is 1. The zero-order chi connectivity index (χ0) is 21.0. The Morgan fingerprint density at radius 3 is 2.55 bits per heavy atom. The molecule has 0 aromatic heterocycles. The molecule has 29 heavy (non-hydrogen) atoms. The number of amidine groups is 1. The van der Waals surface area contributed by atoms with Crippen LogP contribution in [0.25, 0.3) is 0 Å². The summed E-state index contributed by atoms with van der Waals surface area (Å²) in [5.74, 6) is -0.980. The summed E-state index contributed by atoms with van der Waals surface area (Å²) in [6.45, 7) is 0. The first-order valence-electron chi connectivity index (χ1n) is 8.64. The topological polar surface area (TPSA) is 88.1 Å². The molecule has 1 aliphatic rings. The summed E-state index contributed by atoms with van der Waals surface area (Å²) in [4.78, 5) is 42.4. The Morgan fingerprint density at radius 2 is 1.90 bits per heavy atom. The van der Waals surface area contributed by atoms with E-state index in [9.17, 15) is 14.4 Å². The molecule has 0 spiro atoms. The van der Waals surface area contributed by atoms with Crippen molar-refractivity contribution in [3.8, 4) is 0 Å². The van der Waals surface area contributed by atoms with Crippen LogP contribution in [0.2, 0.25) is 5.02 Å². The minimum absolute atomic E-state index is 0.0533. The standard InChI is InChI=1S/C20H18ClN3O4S/c1-24-17(25)11-16(18(26)23-15-6-4-3-5-14(15)21)29-20(24)22-13-9-7-12(8-10-13)19(27)28-2/h3-10,16H,11H2,1-2H3,(H,23,26)/t16-/m0/s1. The van der Waals surface area contributed by atoms with Gasteiger partial charge in [0, 0.05) is 13.5 Å². The number of carbonyl (C=O) groups excluding carboxylic acids is 3. The Bertz CT molecular complexity index is 978. The van der Waals surface area contributed by atoms with Crippen LogP contribution in [0.5, 0.6) is 0 Å². The van der Waals surface area contributed by atoms with Crippen molar-refractivity contribution in [3.63, 3.8) is 0 Å². The largest absolute Gasteiger partial charge is 0.465 e. The van der Waals surface area contributed by atoms with Gasteiger partial charge in [0.05, 0.1) is 29.1 Å². The second kappa shape index (κ2) is 9.11. The molecule has 1 N–H and O–H groups in total. The second-order valence-corrected chi connectivity index (χ2v) is 7.74. The van der Waals surface area contributed by atoms with Gasteiger partial charge in [0.1, 0.15) is 5.25 Å². The van der Waals surface area contributed by atoms with Gasteiger partial charge in [-0.1, -0.05) is 35.5 Å². The molecular weight excluding hydrogens is 414 g/mol. The fourth-order valence-electron chi connectivity index (χ4n) is 2.57. The highest BCUT2D eigenvalue weighted by Gasteiger charge is 2.34. The van der Waals surface area contributed by atoms with Gasteiger partial charge >= 0.3 is 5.97 Å². The first kappa shape index (κ1) is 20.9. The maximum absolute atomic E-state index is 12.7. The van der Waals surface area contributed by atoms with Crippen molar-refractivity contribution in [3.05, 3.63) is 59.1 Å². The minimum Gasteiger partial charge on any atom is -0.465 e. The van der Waals surface area contributed by atoms with E-state index in [1.54, 1.807) is 55.6 Å². The number of para-hydroxylation sites is 1. The van der Waals surface area contributed by atoms with E-state index < -0.39 is 11.2 Å². The van der Waals surface area contributed by atoms with Crippen LogP contribution in [0.3, 0.4) is 0 Å². The first-order chi connectivity index (χ1) is 13.9. The zero-order valence-electron chi connectivity index (χ0n) is 15.7. The molecule has 2 aromatic rings. The summed E-state index contributed by atoms with van der Waals surface area (Å²) in [6, 6.07) is 13.4. The van der Waals surface area contributed by atoms with E-state index in [1.165, 1.54) is 23.8 Å². The van der Waals surface area contributed by atoms with Crippen LogP contribution in [-0.4, -0.2) is 47.3 Å². The van der Waals surface area contributed by atoms with E-state index in [2.05, 4.69) is 15.0 Å². The third-order valence-electron chi connectivity index (χ3n) is 4.21. The van der Waals surface area contributed by atoms with Crippen LogP contribution in [0.4, 0.5) is 11.4 Å². The summed E-state index contributed by atoms with van der Waals surface area (Å²) < 4.78 is 4.67. The molecule has 0 bridgehead atoms. The molecule has 0 unspecified atom stereocenters. The molecule has 0 radical (unpaired) electrons. The van der Waals surface area contributed by atoms with Crippen LogP contribution in [0.15, 0.2) is 53.5 Å². The molecule has 2 amide bonds. The maximum Gasteiger partial charge on any atom is 0.337 e. The van der Waals surface area contributed by atoms with Crippen LogP contribution < -0.4 is 5.32 Å². The number of hydrogen-bond donors (Lipinski definition) is 1. The van der Waals surface area contributed by atoms with Gasteiger partial charge in [0.15, 0.2) is 5.17 Å². The molecule has 1 heterocycles. The molecule has 0 saturated carbocycles. The number of methoxy groups -OCH3 is 1. The van der Waals surface area contributed by atoms with Crippen molar-refractivity contribution in [1.82, 2.24) is 4.90 Å². The molecular formula is C20H18ClN3O4S. The Hall–Kier alpha value is -2.84. The Morgan fingerprint density at radius 1 is 1.21 bits per heavy atom. The number of halogens is 1. The molecule has 7 nitrogen and oxygen atoms in total. The predicted octanol–water partition coefficient (Wildman–Crippen LogP) is 3.72. The number of carbonyl (C=O) groups is 3. The smallest absolute Gasteiger partial charge is 0.337 e. The predicted molar refractivity (Wildman–Crippen MR) is 114 cm³/mol. The highest BCUT2D eigenvalue weighted by atomic mass is 35.5. The van der Waals surface area contributed by atoms with Crippen LogP contribution in [0.1, 0.15) is 16.8 Å². The first-order valence-corrected chi connectivity index (χ1v) is 9.90. The van der Waals surface area contributed by atoms with E-state index in [-0.39, 0.29) is 18.2 Å². The number of ether oxygens (including phenoxy) is 1. The van der Waals surface area contributed by atoms with E-state index in [4.69, 9.17) is 11.6 Å². The number of aliphatic imine (C=N–C) groups is 1. The van der Waals surface area contributed by atoms with Gasteiger partial charge in [-0.2, -0.15) is 0 Å². The van der Waals surface area contributed by atoms with Crippen molar-refractivity contribution < 1.29 is 19.1 Å². The third-order valence-corrected chi connectivity index (χ3v) is 5.78. The maximum atomic E-state index is 12.7. The number of nitrogens with zero attached hydrogens (tertiary/aromatic N) is 2. The number of anilines is 1. The SMILES string of the molecule is COC(=O)c1ccc(N=C2S[C@H](C(=O)Nc3ccccc3Cl)CC(=O)N2C)cc1. The van der Waals surface area contributed by atoms with Gasteiger partial charge in [-0.3, -0.25) is 14.5 Å². The number of amides is 2. The van der Waals surface area contributed by atoms with Gasteiger partial charge in [0.2, 0.25) is 11.8 Å². The summed E-state index contributed by atoms with van der Waals surface area (Å²) in [5.41, 5.74) is 1.43. The molecule has 9 heteroatoms. The van der Waals surface area contributed by atoms with Crippen molar-refractivity contribution in [2.45, 2.75) is 11.7 Å². The quantitative estimate of drug-likeness (QED) is 0.745. The highest BCUT2D eigenvalue weighted by Crippen LogP contribution is 2.30. The fraction of sp³-hybridized carbons (Fsp3) is 0.200. The molecule has 3 rings (SSSR count). The van der Waals surface area contributed by atoms with Crippen molar-refractivity contribution in [2.75, 3.05) is 19.5 Å². The number of nitrogens with one attached hydrogen (secondary N) is 1. The van der Waals surface area contributed by atoms with Gasteiger partial charge < -0.3 is 10.1 Å². The normalized spacial score (nSPS) is 17.9. The highest BCUT2D eigenvalue weighted by molar-refractivity contribution is 8.15. The molecule has 2 aromatic carbocycles. The lowest BCUT2D eigenvalue weighted by molar-refractivity contribution is -0.128. The van der Waals surface area contributed by atoms with Gasteiger partial charge in [0.25, 0.3) is 0 Å². The van der Waals surface area contributed by atoms with Gasteiger partial charge in [-0.25, -0.2) is 9.79 Å². The number of hydrogen-bond acceptors (Lipinski definition) is 6. The van der Waals surface area contributed by atoms with Crippen molar-refractivity contribution >= 4 is 57.7 Å². The molecule has 1 atom stereocenters. The summed E-state index contributed by atoms with van der Waals surface area (Å²) in [7, 11) is 2.92. The van der Waals surface area contributed by atoms with E-state index in [1.807, 2.05) is 0 Å². The number of benzene rings is 2. The zero-order valence-corrected chi connectivity index (χ0v) is 17.3. The second-order valence-electron chi connectivity index (χ2n) is 6.17. The number of esters is 1. The molecule has 1 fully saturated rings. The Kier molecular flexibility index (Phi) is 6.56. The molecule has 1 aliphatic heterocycles. The van der Waals surface area contributed by atoms with Crippen LogP contribution in [0, 0.1) is 0 Å². The van der Waals surface area contributed by atoms with Crippen LogP contribution in [-0.2, 0) is 14.3 Å². The van der Waals surface area contributed by atoms with E-state index in [0.29, 0.717) is 27.1 Å². The van der Waals surface area contributed by atoms with Crippen molar-refractivity contribution in [1.29, 1.82) is 0 Å². The van der Waals surface area contributed by atoms with Crippen molar-refractivity contribution in [2.24, 2.45) is 4.99 Å². The van der Waals surface area contributed by atoms with Gasteiger partial charge in [-0.05, 0) is 36.4 Å². The average Bonchev–Trinajstić information content (AvgIpc) is 2.72. The summed E-state index contributed by atoms with van der Waals surface area (Å²) >= 11 is 7.28. The molecule has 150 valence electrons. The van der Waals surface area contributed by atoms with Gasteiger partial charge in [-0.15, -0.1) is 0 Å². The Balaban J connectivity index is 1.77. The van der Waals surface area contributed by atoms with E-state index in [0.717, 1.165) is 0 Å². The minimum atomic E-state index is -0.636. The van der Waals surface area contributed by atoms with Crippen LogP contribution >= 0.6 is 23.4 Å². The Labute approximate surface area is 177 Å². The lowest BCUT2D eigenvalue weighted by atomic mass is 10.2. The lowest BCUT2D eigenvalue weighted by Crippen LogP contribution is -2.43. The monoisotopic (exact) mass is 431 g/mol. The summed E-state index contributed by atoms with van der Waals surface area (Å²) in [6.07, 6.45) is 0.0533. The molecule has 0 aliphatic carbocycles. The third kappa shape index (κ3) is 4.96. The summed E-state index contributed by atoms with van der Waals surface area (Å²) in [5, 5.41) is 2.94. The lowest BCUT2D eigenvalue weighted by Gasteiger charge is -2.28. The molecule has 1 saturated heterocycles. The average molecular weight is 432 g/mol.